The molecular weight excluding hydrogens is 310 g/mol. The number of carbonyl (C=O) groups excluding carboxylic acids is 2. The van der Waals surface area contributed by atoms with Gasteiger partial charge in [-0.15, -0.1) is 0 Å². The van der Waals surface area contributed by atoms with Crippen LogP contribution in [0.3, 0.4) is 0 Å². The van der Waals surface area contributed by atoms with E-state index in [2.05, 4.69) is 5.32 Å². The summed E-state index contributed by atoms with van der Waals surface area (Å²) in [5.74, 6) is 0.0691. The van der Waals surface area contributed by atoms with Gasteiger partial charge >= 0.3 is 0 Å². The molecule has 2 amide bonds. The molecule has 24 heavy (non-hydrogen) atoms. The van der Waals surface area contributed by atoms with Gasteiger partial charge in [-0.2, -0.15) is 0 Å². The molecule has 1 aromatic carbocycles. The van der Waals surface area contributed by atoms with E-state index in [4.69, 9.17) is 4.74 Å². The topological polar surface area (TPSA) is 82.1 Å². The van der Waals surface area contributed by atoms with Gasteiger partial charge in [0.1, 0.15) is 5.75 Å². The highest BCUT2D eigenvalue weighted by atomic mass is 16.5. The zero-order chi connectivity index (χ0) is 16.9. The summed E-state index contributed by atoms with van der Waals surface area (Å²) in [6.45, 7) is 4.14. The number of phenols is 1. The maximum absolute atomic E-state index is 12.4. The van der Waals surface area contributed by atoms with Crippen LogP contribution in [0, 0.1) is 0 Å². The normalized spacial score (nSPS) is 21.6. The average Bonchev–Trinajstić information content (AvgIpc) is 2.62. The van der Waals surface area contributed by atoms with Crippen molar-refractivity contribution < 1.29 is 19.4 Å². The van der Waals surface area contributed by atoms with Crippen LogP contribution in [0.1, 0.15) is 16.8 Å². The van der Waals surface area contributed by atoms with Crippen molar-refractivity contribution in [3.05, 3.63) is 29.8 Å². The first-order valence-corrected chi connectivity index (χ1v) is 8.30. The summed E-state index contributed by atoms with van der Waals surface area (Å²) in [5.41, 5.74) is 0.471. The molecule has 1 atom stereocenters. The Morgan fingerprint density at radius 3 is 2.62 bits per heavy atom. The smallest absolute Gasteiger partial charge is 0.254 e. The summed E-state index contributed by atoms with van der Waals surface area (Å²) in [6.07, 6.45) is 0.431. The second-order valence-electron chi connectivity index (χ2n) is 6.15. The van der Waals surface area contributed by atoms with Crippen LogP contribution in [0.5, 0.6) is 5.75 Å². The van der Waals surface area contributed by atoms with Crippen molar-refractivity contribution in [1.29, 1.82) is 0 Å². The van der Waals surface area contributed by atoms with E-state index in [0.29, 0.717) is 51.4 Å². The molecule has 1 unspecified atom stereocenters. The number of nitrogens with one attached hydrogen (secondary N) is 1. The third kappa shape index (κ3) is 4.04. The Hall–Kier alpha value is -2.12. The van der Waals surface area contributed by atoms with Crippen molar-refractivity contribution in [3.63, 3.8) is 0 Å². The summed E-state index contributed by atoms with van der Waals surface area (Å²) >= 11 is 0. The monoisotopic (exact) mass is 333 g/mol. The molecule has 0 aliphatic carbocycles. The van der Waals surface area contributed by atoms with Gasteiger partial charge in [-0.1, -0.05) is 6.07 Å². The number of phenolic OH excluding ortho intramolecular Hbond substituents is 1. The van der Waals surface area contributed by atoms with E-state index in [-0.39, 0.29) is 23.6 Å². The van der Waals surface area contributed by atoms with Gasteiger partial charge in [-0.05, 0) is 18.2 Å². The number of aromatic hydroxyl groups is 1. The lowest BCUT2D eigenvalue weighted by atomic mass is 10.1. The Bertz CT molecular complexity index is 593. The molecule has 7 nitrogen and oxygen atoms in total. The molecule has 0 radical (unpaired) electrons. The fraction of sp³-hybridized carbons (Fsp3) is 0.529. The first kappa shape index (κ1) is 16.7. The molecule has 130 valence electrons. The number of hydrogen-bond acceptors (Lipinski definition) is 5. The number of rotatable bonds is 3. The van der Waals surface area contributed by atoms with Crippen molar-refractivity contribution >= 4 is 11.8 Å². The molecule has 0 bridgehead atoms. The van der Waals surface area contributed by atoms with Crippen molar-refractivity contribution in [1.82, 2.24) is 15.1 Å². The standard InChI is InChI=1S/C17H23N3O4/c21-15-3-1-2-13(10-15)17(23)20-7-5-19(6-8-20)16(22)11-14-12-24-9-4-18-14/h1-3,10,14,18,21H,4-9,11-12H2. The van der Waals surface area contributed by atoms with Gasteiger partial charge in [0, 0.05) is 50.7 Å². The van der Waals surface area contributed by atoms with Crippen molar-refractivity contribution in [2.45, 2.75) is 12.5 Å². The van der Waals surface area contributed by atoms with Gasteiger partial charge in [-0.25, -0.2) is 0 Å². The Morgan fingerprint density at radius 2 is 1.96 bits per heavy atom. The molecule has 7 heteroatoms. The number of carbonyl (C=O) groups is 2. The summed E-state index contributed by atoms with van der Waals surface area (Å²) in [6, 6.07) is 6.43. The molecule has 3 rings (SSSR count). The summed E-state index contributed by atoms with van der Waals surface area (Å²) < 4.78 is 5.37. The van der Waals surface area contributed by atoms with Crippen LogP contribution in [0.2, 0.25) is 0 Å². The molecule has 2 aliphatic rings. The lowest BCUT2D eigenvalue weighted by molar-refractivity contribution is -0.133. The van der Waals surface area contributed by atoms with E-state index in [1.54, 1.807) is 17.0 Å². The minimum Gasteiger partial charge on any atom is -0.508 e. The van der Waals surface area contributed by atoms with Gasteiger partial charge in [0.05, 0.1) is 13.2 Å². The van der Waals surface area contributed by atoms with E-state index < -0.39 is 0 Å². The molecule has 2 fully saturated rings. The SMILES string of the molecule is O=C(CC1COCCN1)N1CCN(C(=O)c2cccc(O)c2)CC1. The quantitative estimate of drug-likeness (QED) is 0.817. The van der Waals surface area contributed by atoms with Crippen LogP contribution in [-0.4, -0.2) is 78.7 Å². The highest BCUT2D eigenvalue weighted by molar-refractivity contribution is 5.94. The molecule has 0 aromatic heterocycles. The number of benzene rings is 1. The minimum atomic E-state index is -0.111. The Balaban J connectivity index is 1.50. The Kier molecular flexibility index (Phi) is 5.32. The fourth-order valence-electron chi connectivity index (χ4n) is 3.07. The summed E-state index contributed by atoms with van der Waals surface area (Å²) in [7, 11) is 0. The average molecular weight is 333 g/mol. The fourth-order valence-corrected chi connectivity index (χ4v) is 3.07. The van der Waals surface area contributed by atoms with Crippen LogP contribution >= 0.6 is 0 Å². The molecule has 2 aliphatic heterocycles. The van der Waals surface area contributed by atoms with Crippen LogP contribution in [0.4, 0.5) is 0 Å². The molecule has 0 saturated carbocycles. The van der Waals surface area contributed by atoms with E-state index in [1.807, 2.05) is 4.90 Å². The van der Waals surface area contributed by atoms with Crippen molar-refractivity contribution in [3.8, 4) is 5.75 Å². The van der Waals surface area contributed by atoms with Crippen LogP contribution in [-0.2, 0) is 9.53 Å². The maximum atomic E-state index is 12.4. The molecule has 0 spiro atoms. The van der Waals surface area contributed by atoms with Gasteiger partial charge in [0.2, 0.25) is 5.91 Å². The first-order valence-electron chi connectivity index (χ1n) is 8.30. The number of piperazine rings is 1. The number of ether oxygens (including phenoxy) is 1. The van der Waals surface area contributed by atoms with E-state index >= 15 is 0 Å². The third-order valence-corrected chi connectivity index (χ3v) is 4.43. The molecule has 2 heterocycles. The molecule has 2 saturated heterocycles. The highest BCUT2D eigenvalue weighted by Crippen LogP contribution is 2.15. The first-order chi connectivity index (χ1) is 11.6. The Morgan fingerprint density at radius 1 is 1.21 bits per heavy atom. The summed E-state index contributed by atoms with van der Waals surface area (Å²) in [4.78, 5) is 28.3. The largest absolute Gasteiger partial charge is 0.508 e. The van der Waals surface area contributed by atoms with Gasteiger partial charge in [-0.3, -0.25) is 9.59 Å². The van der Waals surface area contributed by atoms with E-state index in [0.717, 1.165) is 6.54 Å². The van der Waals surface area contributed by atoms with Gasteiger partial charge in [0.15, 0.2) is 0 Å². The highest BCUT2D eigenvalue weighted by Gasteiger charge is 2.27. The summed E-state index contributed by atoms with van der Waals surface area (Å²) in [5, 5.41) is 12.8. The van der Waals surface area contributed by atoms with Gasteiger partial charge in [0.25, 0.3) is 5.91 Å². The second-order valence-corrected chi connectivity index (χ2v) is 6.15. The third-order valence-electron chi connectivity index (χ3n) is 4.43. The lowest BCUT2D eigenvalue weighted by Gasteiger charge is -2.36. The molecule has 1 aromatic rings. The van der Waals surface area contributed by atoms with Crippen LogP contribution in [0.25, 0.3) is 0 Å². The zero-order valence-corrected chi connectivity index (χ0v) is 13.6. The Labute approximate surface area is 141 Å². The van der Waals surface area contributed by atoms with Crippen molar-refractivity contribution in [2.24, 2.45) is 0 Å². The second kappa shape index (κ2) is 7.63. The molecular formula is C17H23N3O4. The molecule has 2 N–H and O–H groups in total. The number of hydrogen-bond donors (Lipinski definition) is 2. The predicted octanol–water partition coefficient (Wildman–Crippen LogP) is 0.0551. The van der Waals surface area contributed by atoms with Crippen LogP contribution < -0.4 is 5.32 Å². The van der Waals surface area contributed by atoms with Gasteiger partial charge < -0.3 is 25.0 Å². The maximum Gasteiger partial charge on any atom is 0.254 e. The minimum absolute atomic E-state index is 0.0804. The number of amides is 2. The number of nitrogens with zero attached hydrogens (tertiary/aromatic N) is 2. The predicted molar refractivity (Wildman–Crippen MR) is 87.8 cm³/mol. The van der Waals surface area contributed by atoms with Crippen molar-refractivity contribution in [2.75, 3.05) is 45.9 Å². The van der Waals surface area contributed by atoms with Crippen LogP contribution in [0.15, 0.2) is 24.3 Å². The zero-order valence-electron chi connectivity index (χ0n) is 13.6. The number of morpholine rings is 1. The van der Waals surface area contributed by atoms with E-state index in [1.165, 1.54) is 12.1 Å². The van der Waals surface area contributed by atoms with E-state index in [9.17, 15) is 14.7 Å². The lowest BCUT2D eigenvalue weighted by Crippen LogP contribution is -2.52.